The van der Waals surface area contributed by atoms with Gasteiger partial charge in [0.1, 0.15) is 5.01 Å². The second-order valence-electron chi connectivity index (χ2n) is 3.86. The molecule has 0 radical (unpaired) electrons. The van der Waals surface area contributed by atoms with Gasteiger partial charge in [0.2, 0.25) is 0 Å². The molecule has 1 aliphatic heterocycles. The molecule has 1 aromatic heterocycles. The third-order valence-electron chi connectivity index (χ3n) is 2.70. The first-order chi connectivity index (χ1) is 6.86. The van der Waals surface area contributed by atoms with Crippen LogP contribution in [0.25, 0.3) is 0 Å². The van der Waals surface area contributed by atoms with Crippen LogP contribution in [0.3, 0.4) is 0 Å². The van der Waals surface area contributed by atoms with E-state index in [0.717, 1.165) is 19.0 Å². The highest BCUT2D eigenvalue weighted by Gasteiger charge is 2.15. The summed E-state index contributed by atoms with van der Waals surface area (Å²) >= 11 is 1.72. The van der Waals surface area contributed by atoms with Gasteiger partial charge in [-0.05, 0) is 38.9 Å². The van der Waals surface area contributed by atoms with Crippen molar-refractivity contribution in [2.45, 2.75) is 19.4 Å². The maximum Gasteiger partial charge on any atom is 0.109 e. The molecule has 1 aliphatic rings. The fourth-order valence-electron chi connectivity index (χ4n) is 1.77. The van der Waals surface area contributed by atoms with Crippen molar-refractivity contribution in [1.29, 1.82) is 0 Å². The molecule has 1 saturated heterocycles. The van der Waals surface area contributed by atoms with Crippen molar-refractivity contribution in [3.8, 4) is 0 Å². The molecule has 2 rings (SSSR count). The zero-order chi connectivity index (χ0) is 9.80. The van der Waals surface area contributed by atoms with Crippen molar-refractivity contribution in [3.63, 3.8) is 0 Å². The predicted molar refractivity (Wildman–Crippen MR) is 59.5 cm³/mol. The monoisotopic (exact) mass is 211 g/mol. The summed E-state index contributed by atoms with van der Waals surface area (Å²) in [6.07, 6.45) is 3.17. The lowest BCUT2D eigenvalue weighted by Gasteiger charge is -2.14. The largest absolute Gasteiger partial charge is 0.316 e. The SMILES string of the molecule is C[C@H](NC[C@@H]1CCNC1)c1nccs1. The minimum Gasteiger partial charge on any atom is -0.316 e. The van der Waals surface area contributed by atoms with E-state index in [1.54, 1.807) is 11.3 Å². The first-order valence-electron chi connectivity index (χ1n) is 5.20. The minimum absolute atomic E-state index is 0.399. The standard InChI is InChI=1S/C10H17N3S/c1-8(10-12-4-5-14-10)13-7-9-2-3-11-6-9/h4-5,8-9,11,13H,2-3,6-7H2,1H3/t8-,9+/m0/s1. The molecule has 1 fully saturated rings. The molecule has 0 amide bonds. The Balaban J connectivity index is 1.74. The lowest BCUT2D eigenvalue weighted by molar-refractivity contribution is 0.469. The number of nitrogens with zero attached hydrogens (tertiary/aromatic N) is 1. The second-order valence-corrected chi connectivity index (χ2v) is 4.79. The van der Waals surface area contributed by atoms with Gasteiger partial charge in [-0.25, -0.2) is 4.98 Å². The van der Waals surface area contributed by atoms with E-state index in [1.165, 1.54) is 18.0 Å². The van der Waals surface area contributed by atoms with Crippen LogP contribution in [0.5, 0.6) is 0 Å². The van der Waals surface area contributed by atoms with Crippen LogP contribution in [0.4, 0.5) is 0 Å². The number of nitrogens with one attached hydrogen (secondary N) is 2. The smallest absolute Gasteiger partial charge is 0.109 e. The van der Waals surface area contributed by atoms with Gasteiger partial charge in [0.05, 0.1) is 6.04 Å². The number of rotatable bonds is 4. The highest BCUT2D eigenvalue weighted by Crippen LogP contribution is 2.15. The average molecular weight is 211 g/mol. The van der Waals surface area contributed by atoms with Crippen molar-refractivity contribution in [2.75, 3.05) is 19.6 Å². The van der Waals surface area contributed by atoms with E-state index in [9.17, 15) is 0 Å². The van der Waals surface area contributed by atoms with Gasteiger partial charge in [-0.2, -0.15) is 0 Å². The van der Waals surface area contributed by atoms with Gasteiger partial charge in [-0.1, -0.05) is 0 Å². The van der Waals surface area contributed by atoms with Gasteiger partial charge in [-0.3, -0.25) is 0 Å². The molecule has 3 nitrogen and oxygen atoms in total. The van der Waals surface area contributed by atoms with Gasteiger partial charge < -0.3 is 10.6 Å². The molecule has 0 saturated carbocycles. The quantitative estimate of drug-likeness (QED) is 0.790. The summed E-state index contributed by atoms with van der Waals surface area (Å²) in [4.78, 5) is 4.30. The molecule has 14 heavy (non-hydrogen) atoms. The van der Waals surface area contributed by atoms with E-state index >= 15 is 0 Å². The van der Waals surface area contributed by atoms with Crippen molar-refractivity contribution in [2.24, 2.45) is 5.92 Å². The van der Waals surface area contributed by atoms with Gasteiger partial charge in [0, 0.05) is 11.6 Å². The molecular formula is C10H17N3S. The highest BCUT2D eigenvalue weighted by molar-refractivity contribution is 7.09. The summed E-state index contributed by atoms with van der Waals surface area (Å²) in [5, 5.41) is 10.1. The lowest BCUT2D eigenvalue weighted by Crippen LogP contribution is -2.26. The molecule has 78 valence electrons. The Kier molecular flexibility index (Phi) is 3.50. The van der Waals surface area contributed by atoms with Crippen LogP contribution in [0.1, 0.15) is 24.4 Å². The molecular weight excluding hydrogens is 194 g/mol. The third kappa shape index (κ3) is 2.53. The van der Waals surface area contributed by atoms with E-state index in [1.807, 2.05) is 11.6 Å². The van der Waals surface area contributed by atoms with Crippen LogP contribution < -0.4 is 10.6 Å². The number of thiazole rings is 1. The third-order valence-corrected chi connectivity index (χ3v) is 3.66. The molecule has 2 atom stereocenters. The van der Waals surface area contributed by atoms with Crippen LogP contribution in [0.2, 0.25) is 0 Å². The summed E-state index contributed by atoms with van der Waals surface area (Å²) in [6.45, 7) is 5.63. The Bertz CT molecular complexity index is 254. The molecule has 0 aliphatic carbocycles. The molecule has 0 bridgehead atoms. The van der Waals surface area contributed by atoms with E-state index in [-0.39, 0.29) is 0 Å². The summed E-state index contributed by atoms with van der Waals surface area (Å²) in [7, 11) is 0. The fourth-order valence-corrected chi connectivity index (χ4v) is 2.44. The summed E-state index contributed by atoms with van der Waals surface area (Å²) in [5.74, 6) is 0.803. The first-order valence-corrected chi connectivity index (χ1v) is 6.07. The van der Waals surface area contributed by atoms with Crippen LogP contribution in [0.15, 0.2) is 11.6 Å². The molecule has 0 aromatic carbocycles. The van der Waals surface area contributed by atoms with E-state index < -0.39 is 0 Å². The van der Waals surface area contributed by atoms with Crippen molar-refractivity contribution < 1.29 is 0 Å². The van der Waals surface area contributed by atoms with E-state index in [4.69, 9.17) is 0 Å². The summed E-state index contributed by atoms with van der Waals surface area (Å²) < 4.78 is 0. The van der Waals surface area contributed by atoms with E-state index in [0.29, 0.717) is 6.04 Å². The summed E-state index contributed by atoms with van der Waals surface area (Å²) in [5.41, 5.74) is 0. The number of hydrogen-bond donors (Lipinski definition) is 2. The maximum absolute atomic E-state index is 4.30. The van der Waals surface area contributed by atoms with Crippen LogP contribution in [-0.2, 0) is 0 Å². The molecule has 0 unspecified atom stereocenters. The molecule has 0 spiro atoms. The average Bonchev–Trinajstić information content (AvgIpc) is 2.87. The van der Waals surface area contributed by atoms with Crippen molar-refractivity contribution in [1.82, 2.24) is 15.6 Å². The first kappa shape index (κ1) is 10.1. The topological polar surface area (TPSA) is 37.0 Å². The molecule has 2 heterocycles. The van der Waals surface area contributed by atoms with Crippen LogP contribution in [0, 0.1) is 5.92 Å². The Morgan fingerprint density at radius 1 is 1.79 bits per heavy atom. The summed E-state index contributed by atoms with van der Waals surface area (Å²) in [6, 6.07) is 0.399. The van der Waals surface area contributed by atoms with Crippen LogP contribution >= 0.6 is 11.3 Å². The fraction of sp³-hybridized carbons (Fsp3) is 0.700. The molecule has 2 N–H and O–H groups in total. The Morgan fingerprint density at radius 3 is 3.36 bits per heavy atom. The zero-order valence-electron chi connectivity index (χ0n) is 8.49. The number of hydrogen-bond acceptors (Lipinski definition) is 4. The molecule has 4 heteroatoms. The highest BCUT2D eigenvalue weighted by atomic mass is 32.1. The zero-order valence-corrected chi connectivity index (χ0v) is 9.31. The number of aromatic nitrogens is 1. The van der Waals surface area contributed by atoms with E-state index in [2.05, 4.69) is 22.5 Å². The molecule has 1 aromatic rings. The predicted octanol–water partition coefficient (Wildman–Crippen LogP) is 1.40. The van der Waals surface area contributed by atoms with Gasteiger partial charge >= 0.3 is 0 Å². The van der Waals surface area contributed by atoms with Gasteiger partial charge in [0.15, 0.2) is 0 Å². The minimum atomic E-state index is 0.399. The normalized spacial score (nSPS) is 23.9. The Morgan fingerprint density at radius 2 is 2.71 bits per heavy atom. The van der Waals surface area contributed by atoms with Crippen molar-refractivity contribution >= 4 is 11.3 Å². The van der Waals surface area contributed by atoms with Gasteiger partial charge in [0.25, 0.3) is 0 Å². The van der Waals surface area contributed by atoms with Crippen LogP contribution in [-0.4, -0.2) is 24.6 Å². The second kappa shape index (κ2) is 4.87. The van der Waals surface area contributed by atoms with Crippen molar-refractivity contribution in [3.05, 3.63) is 16.6 Å². The van der Waals surface area contributed by atoms with Gasteiger partial charge in [-0.15, -0.1) is 11.3 Å². The lowest BCUT2D eigenvalue weighted by atomic mass is 10.1. The maximum atomic E-state index is 4.30. The Hall–Kier alpha value is -0.450. The Labute approximate surface area is 88.9 Å².